The Bertz CT molecular complexity index is 1190. The Kier molecular flexibility index (Phi) is 7.52. The number of nitrogens with zero attached hydrogens (tertiary/aromatic N) is 2. The lowest BCUT2D eigenvalue weighted by atomic mass is 9.93. The van der Waals surface area contributed by atoms with Crippen LogP contribution in [0.5, 0.6) is 0 Å². The Morgan fingerprint density at radius 1 is 0.943 bits per heavy atom. The quantitative estimate of drug-likeness (QED) is 0.375. The van der Waals surface area contributed by atoms with Crippen LogP contribution in [0.4, 0.5) is 17.1 Å². The van der Waals surface area contributed by atoms with E-state index in [0.717, 1.165) is 16.8 Å². The van der Waals surface area contributed by atoms with Crippen molar-refractivity contribution in [3.05, 3.63) is 100 Å². The van der Waals surface area contributed by atoms with Crippen LogP contribution in [0.25, 0.3) is 0 Å². The molecule has 8 heteroatoms. The van der Waals surface area contributed by atoms with Crippen LogP contribution in [0.1, 0.15) is 30.0 Å². The third-order valence-electron chi connectivity index (χ3n) is 6.28. The molecule has 1 heterocycles. The molecule has 3 aromatic carbocycles. The molecule has 0 spiro atoms. The van der Waals surface area contributed by atoms with Crippen molar-refractivity contribution in [1.82, 2.24) is 4.90 Å². The number of carbonyl (C=O) groups excluding carboxylic acids is 2. The van der Waals surface area contributed by atoms with Crippen molar-refractivity contribution in [2.75, 3.05) is 23.7 Å². The van der Waals surface area contributed by atoms with E-state index in [1.54, 1.807) is 19.1 Å². The summed E-state index contributed by atoms with van der Waals surface area (Å²) in [4.78, 5) is 39.3. The summed E-state index contributed by atoms with van der Waals surface area (Å²) < 4.78 is 0. The van der Waals surface area contributed by atoms with Crippen LogP contribution in [0.15, 0.2) is 78.9 Å². The molecule has 1 aliphatic rings. The Labute approximate surface area is 204 Å². The molecule has 2 amide bonds. The van der Waals surface area contributed by atoms with Gasteiger partial charge in [-0.2, -0.15) is 0 Å². The van der Waals surface area contributed by atoms with E-state index in [0.29, 0.717) is 25.9 Å². The highest BCUT2D eigenvalue weighted by Crippen LogP contribution is 2.31. The van der Waals surface area contributed by atoms with Crippen molar-refractivity contribution in [2.24, 2.45) is 5.92 Å². The first-order valence-electron chi connectivity index (χ1n) is 11.6. The fourth-order valence-corrected chi connectivity index (χ4v) is 4.45. The van der Waals surface area contributed by atoms with Gasteiger partial charge in [0.2, 0.25) is 11.8 Å². The van der Waals surface area contributed by atoms with Gasteiger partial charge in [0.15, 0.2) is 0 Å². The molecular formula is C27H28N4O4. The van der Waals surface area contributed by atoms with Crippen LogP contribution in [0.3, 0.4) is 0 Å². The highest BCUT2D eigenvalue weighted by atomic mass is 16.6. The van der Waals surface area contributed by atoms with Crippen molar-refractivity contribution in [3.63, 3.8) is 0 Å². The van der Waals surface area contributed by atoms with Crippen LogP contribution in [-0.4, -0.2) is 34.7 Å². The Hall–Kier alpha value is -4.04. The van der Waals surface area contributed by atoms with E-state index in [1.165, 1.54) is 6.07 Å². The number of likely N-dealkylation sites (tertiary alicyclic amines) is 1. The minimum absolute atomic E-state index is 0.0214. The highest BCUT2D eigenvalue weighted by Gasteiger charge is 2.34. The van der Waals surface area contributed by atoms with E-state index in [4.69, 9.17) is 0 Å². The second kappa shape index (κ2) is 10.9. The molecule has 1 aliphatic heterocycles. The molecular weight excluding hydrogens is 444 g/mol. The molecule has 0 aliphatic carbocycles. The summed E-state index contributed by atoms with van der Waals surface area (Å²) in [5.74, 6) is -0.508. The van der Waals surface area contributed by atoms with Crippen LogP contribution < -0.4 is 10.6 Å². The number of amides is 2. The second-order valence-corrected chi connectivity index (χ2v) is 8.75. The molecule has 2 N–H and O–H groups in total. The molecule has 180 valence electrons. The predicted molar refractivity (Wildman–Crippen MR) is 135 cm³/mol. The lowest BCUT2D eigenvalue weighted by Gasteiger charge is -2.36. The number of rotatable bonds is 7. The number of nitrogens with one attached hydrogen (secondary N) is 2. The van der Waals surface area contributed by atoms with Gasteiger partial charge in [0, 0.05) is 17.7 Å². The summed E-state index contributed by atoms with van der Waals surface area (Å²) >= 11 is 0. The summed E-state index contributed by atoms with van der Waals surface area (Å²) in [6.45, 7) is 2.87. The number of aryl methyl sites for hydroxylation is 1. The fourth-order valence-electron chi connectivity index (χ4n) is 4.45. The molecule has 1 fully saturated rings. The normalized spacial score (nSPS) is 15.2. The summed E-state index contributed by atoms with van der Waals surface area (Å²) in [5, 5.41) is 17.3. The van der Waals surface area contributed by atoms with Crippen molar-refractivity contribution in [1.29, 1.82) is 0 Å². The molecule has 4 rings (SSSR count). The van der Waals surface area contributed by atoms with E-state index >= 15 is 0 Å². The second-order valence-electron chi connectivity index (χ2n) is 8.75. The Balaban J connectivity index is 1.49. The SMILES string of the molecule is Cc1ccc(NC(=O)C(c2ccccc2)N2CCC(C(=O)Nc3ccccc3)CC2)c([N+](=O)[O-])c1. The first-order valence-corrected chi connectivity index (χ1v) is 11.6. The van der Waals surface area contributed by atoms with Crippen LogP contribution >= 0.6 is 0 Å². The van der Waals surface area contributed by atoms with Gasteiger partial charge in [-0.05, 0) is 62.2 Å². The third kappa shape index (κ3) is 5.91. The largest absolute Gasteiger partial charge is 0.326 e. The number of benzene rings is 3. The molecule has 35 heavy (non-hydrogen) atoms. The van der Waals surface area contributed by atoms with Crippen molar-refractivity contribution < 1.29 is 14.5 Å². The minimum atomic E-state index is -0.629. The zero-order valence-electron chi connectivity index (χ0n) is 19.5. The van der Waals surface area contributed by atoms with Crippen LogP contribution in [0, 0.1) is 23.0 Å². The molecule has 1 atom stereocenters. The Morgan fingerprint density at radius 3 is 2.20 bits per heavy atom. The standard InChI is InChI=1S/C27H28N4O4/c1-19-12-13-23(24(18-19)31(34)35)29-27(33)25(20-8-4-2-5-9-20)30-16-14-21(15-17-30)26(32)28-22-10-6-3-7-11-22/h2-13,18,21,25H,14-17H2,1H3,(H,28,32)(H,29,33). The molecule has 8 nitrogen and oxygen atoms in total. The van der Waals surface area contributed by atoms with Crippen molar-refractivity contribution in [3.8, 4) is 0 Å². The number of nitro groups is 1. The smallest absolute Gasteiger partial charge is 0.293 e. The van der Waals surface area contributed by atoms with Gasteiger partial charge in [-0.1, -0.05) is 54.6 Å². The first-order chi connectivity index (χ1) is 16.9. The van der Waals surface area contributed by atoms with Crippen molar-refractivity contribution >= 4 is 28.9 Å². The van der Waals surface area contributed by atoms with Crippen molar-refractivity contribution in [2.45, 2.75) is 25.8 Å². The average molecular weight is 473 g/mol. The number of nitro benzene ring substituents is 1. The number of piperidine rings is 1. The first kappa shape index (κ1) is 24.1. The van der Waals surface area contributed by atoms with Gasteiger partial charge in [0.1, 0.15) is 11.7 Å². The van der Waals surface area contributed by atoms with Gasteiger partial charge >= 0.3 is 0 Å². The maximum atomic E-state index is 13.5. The van der Waals surface area contributed by atoms with Gasteiger partial charge in [-0.3, -0.25) is 24.6 Å². The number of para-hydroxylation sites is 1. The zero-order valence-corrected chi connectivity index (χ0v) is 19.5. The number of hydrogen-bond donors (Lipinski definition) is 2. The van der Waals surface area contributed by atoms with Gasteiger partial charge in [0.05, 0.1) is 4.92 Å². The van der Waals surface area contributed by atoms with E-state index in [-0.39, 0.29) is 29.1 Å². The molecule has 0 aromatic heterocycles. The molecule has 0 bridgehead atoms. The number of carbonyl (C=O) groups is 2. The summed E-state index contributed by atoms with van der Waals surface area (Å²) in [7, 11) is 0. The highest BCUT2D eigenvalue weighted by molar-refractivity contribution is 5.97. The number of hydrogen-bond acceptors (Lipinski definition) is 5. The molecule has 1 saturated heterocycles. The molecule has 0 radical (unpaired) electrons. The topological polar surface area (TPSA) is 105 Å². The molecule has 0 saturated carbocycles. The lowest BCUT2D eigenvalue weighted by molar-refractivity contribution is -0.384. The predicted octanol–water partition coefficient (Wildman–Crippen LogP) is 4.93. The van der Waals surface area contributed by atoms with Gasteiger partial charge < -0.3 is 10.6 Å². The summed E-state index contributed by atoms with van der Waals surface area (Å²) in [5.41, 5.74) is 2.34. The molecule has 3 aromatic rings. The van der Waals surface area contributed by atoms with E-state index in [9.17, 15) is 19.7 Å². The average Bonchev–Trinajstić information content (AvgIpc) is 2.87. The number of anilines is 2. The van der Waals surface area contributed by atoms with E-state index in [2.05, 4.69) is 10.6 Å². The van der Waals surface area contributed by atoms with Gasteiger partial charge in [0.25, 0.3) is 5.69 Å². The van der Waals surface area contributed by atoms with Gasteiger partial charge in [-0.15, -0.1) is 0 Å². The van der Waals surface area contributed by atoms with E-state index in [1.807, 2.05) is 65.6 Å². The van der Waals surface area contributed by atoms with Crippen LogP contribution in [0.2, 0.25) is 0 Å². The maximum Gasteiger partial charge on any atom is 0.293 e. The summed E-state index contributed by atoms with van der Waals surface area (Å²) in [6, 6.07) is 22.8. The third-order valence-corrected chi connectivity index (χ3v) is 6.28. The Morgan fingerprint density at radius 2 is 1.57 bits per heavy atom. The lowest BCUT2D eigenvalue weighted by Crippen LogP contribution is -2.44. The monoisotopic (exact) mass is 472 g/mol. The molecule has 1 unspecified atom stereocenters. The fraction of sp³-hybridized carbons (Fsp3) is 0.259. The summed E-state index contributed by atoms with van der Waals surface area (Å²) in [6.07, 6.45) is 1.22. The van der Waals surface area contributed by atoms with Crippen LogP contribution in [-0.2, 0) is 9.59 Å². The van der Waals surface area contributed by atoms with E-state index < -0.39 is 11.0 Å². The minimum Gasteiger partial charge on any atom is -0.326 e. The zero-order chi connectivity index (χ0) is 24.8. The maximum absolute atomic E-state index is 13.5. The van der Waals surface area contributed by atoms with Gasteiger partial charge in [-0.25, -0.2) is 0 Å².